The van der Waals surface area contributed by atoms with E-state index in [-0.39, 0.29) is 0 Å². The molecule has 19 heavy (non-hydrogen) atoms. The van der Waals surface area contributed by atoms with E-state index in [1.807, 2.05) is 30.3 Å². The van der Waals surface area contributed by atoms with Crippen molar-refractivity contribution in [3.63, 3.8) is 0 Å². The minimum Gasteiger partial charge on any atom is -0.487 e. The number of hydrogen-bond acceptors (Lipinski definition) is 1. The maximum absolute atomic E-state index is 5.80. The average Bonchev–Trinajstić information content (AvgIpc) is 2.81. The molecule has 2 nitrogen and oxygen atoms in total. The van der Waals surface area contributed by atoms with Crippen molar-refractivity contribution in [3.8, 4) is 5.75 Å². The Morgan fingerprint density at radius 1 is 1.11 bits per heavy atom. The SMILES string of the molecule is Cc1cccc(OCc2cc3c(Br)cccc3[nH]2)c1. The van der Waals surface area contributed by atoms with Gasteiger partial charge in [-0.15, -0.1) is 0 Å². The van der Waals surface area contributed by atoms with Crippen LogP contribution in [0.15, 0.2) is 53.0 Å². The second-order valence-electron chi connectivity index (χ2n) is 4.60. The molecule has 0 aliphatic rings. The zero-order chi connectivity index (χ0) is 13.2. The summed E-state index contributed by atoms with van der Waals surface area (Å²) in [5.74, 6) is 0.901. The van der Waals surface area contributed by atoms with Gasteiger partial charge in [0.25, 0.3) is 0 Å². The van der Waals surface area contributed by atoms with Gasteiger partial charge < -0.3 is 9.72 Å². The van der Waals surface area contributed by atoms with Crippen molar-refractivity contribution in [2.45, 2.75) is 13.5 Å². The number of rotatable bonds is 3. The fourth-order valence-corrected chi connectivity index (χ4v) is 2.60. The molecule has 0 saturated heterocycles. The zero-order valence-electron chi connectivity index (χ0n) is 10.6. The van der Waals surface area contributed by atoms with Gasteiger partial charge in [0.15, 0.2) is 0 Å². The second-order valence-corrected chi connectivity index (χ2v) is 5.46. The van der Waals surface area contributed by atoms with Crippen LogP contribution in [0.2, 0.25) is 0 Å². The number of aromatic amines is 1. The number of aromatic nitrogens is 1. The van der Waals surface area contributed by atoms with Crippen LogP contribution in [0.3, 0.4) is 0 Å². The van der Waals surface area contributed by atoms with Gasteiger partial charge in [-0.1, -0.05) is 34.1 Å². The lowest BCUT2D eigenvalue weighted by molar-refractivity contribution is 0.302. The summed E-state index contributed by atoms with van der Waals surface area (Å²) in [6.07, 6.45) is 0. The monoisotopic (exact) mass is 315 g/mol. The average molecular weight is 316 g/mol. The fraction of sp³-hybridized carbons (Fsp3) is 0.125. The molecule has 0 fully saturated rings. The molecule has 3 heteroatoms. The highest BCUT2D eigenvalue weighted by molar-refractivity contribution is 9.10. The van der Waals surface area contributed by atoms with Gasteiger partial charge >= 0.3 is 0 Å². The topological polar surface area (TPSA) is 25.0 Å². The normalized spacial score (nSPS) is 10.8. The van der Waals surface area contributed by atoms with Crippen molar-refractivity contribution >= 4 is 26.8 Å². The maximum atomic E-state index is 5.80. The molecule has 1 aromatic heterocycles. The van der Waals surface area contributed by atoms with E-state index in [1.165, 1.54) is 10.9 Å². The van der Waals surface area contributed by atoms with Crippen LogP contribution < -0.4 is 4.74 Å². The van der Waals surface area contributed by atoms with E-state index in [1.54, 1.807) is 0 Å². The van der Waals surface area contributed by atoms with Crippen molar-refractivity contribution in [1.82, 2.24) is 4.98 Å². The van der Waals surface area contributed by atoms with E-state index in [9.17, 15) is 0 Å². The molecule has 1 N–H and O–H groups in total. The first-order chi connectivity index (χ1) is 9.22. The Morgan fingerprint density at radius 2 is 1.95 bits per heavy atom. The molecule has 0 amide bonds. The van der Waals surface area contributed by atoms with Gasteiger partial charge in [0.2, 0.25) is 0 Å². The first-order valence-electron chi connectivity index (χ1n) is 6.18. The number of benzene rings is 2. The Kier molecular flexibility index (Phi) is 3.30. The van der Waals surface area contributed by atoms with Gasteiger partial charge in [0, 0.05) is 15.4 Å². The minimum absolute atomic E-state index is 0.546. The molecule has 0 unspecified atom stereocenters. The fourth-order valence-electron chi connectivity index (χ4n) is 2.12. The second kappa shape index (κ2) is 5.10. The van der Waals surface area contributed by atoms with Crippen LogP contribution in [-0.4, -0.2) is 4.98 Å². The van der Waals surface area contributed by atoms with Gasteiger partial charge in [-0.25, -0.2) is 0 Å². The standard InChI is InChI=1S/C16H14BrNO/c1-11-4-2-5-13(8-11)19-10-12-9-14-15(17)6-3-7-16(14)18-12/h2-9,18H,10H2,1H3. The molecular formula is C16H14BrNO. The molecule has 0 aliphatic heterocycles. The number of hydrogen-bond donors (Lipinski definition) is 1. The molecule has 3 rings (SSSR count). The molecule has 0 spiro atoms. The smallest absolute Gasteiger partial charge is 0.128 e. The predicted octanol–water partition coefficient (Wildman–Crippen LogP) is 4.82. The Hall–Kier alpha value is -1.74. The van der Waals surface area contributed by atoms with Crippen LogP contribution >= 0.6 is 15.9 Å². The number of halogens is 1. The number of H-pyrrole nitrogens is 1. The summed E-state index contributed by atoms with van der Waals surface area (Å²) in [7, 11) is 0. The Labute approximate surface area is 120 Å². The van der Waals surface area contributed by atoms with Crippen LogP contribution in [0.25, 0.3) is 10.9 Å². The van der Waals surface area contributed by atoms with E-state index >= 15 is 0 Å². The van der Waals surface area contributed by atoms with Crippen molar-refractivity contribution in [3.05, 3.63) is 64.3 Å². The molecule has 0 radical (unpaired) electrons. The maximum Gasteiger partial charge on any atom is 0.128 e. The summed E-state index contributed by atoms with van der Waals surface area (Å²) in [5.41, 5.74) is 3.40. The summed E-state index contributed by atoms with van der Waals surface area (Å²) in [4.78, 5) is 3.37. The summed E-state index contributed by atoms with van der Waals surface area (Å²) in [6, 6.07) is 16.3. The molecule has 1 heterocycles. The third-order valence-electron chi connectivity index (χ3n) is 3.05. The van der Waals surface area contributed by atoms with Gasteiger partial charge in [-0.2, -0.15) is 0 Å². The highest BCUT2D eigenvalue weighted by atomic mass is 79.9. The quantitative estimate of drug-likeness (QED) is 0.736. The van der Waals surface area contributed by atoms with E-state index in [0.717, 1.165) is 21.4 Å². The molecule has 2 aromatic carbocycles. The van der Waals surface area contributed by atoms with Crippen LogP contribution in [0.1, 0.15) is 11.3 Å². The first kappa shape index (κ1) is 12.3. The summed E-state index contributed by atoms with van der Waals surface area (Å²) >= 11 is 3.55. The van der Waals surface area contributed by atoms with Crippen molar-refractivity contribution < 1.29 is 4.74 Å². The summed E-state index contributed by atoms with van der Waals surface area (Å²) in [6.45, 7) is 2.61. The lowest BCUT2D eigenvalue weighted by Crippen LogP contribution is -1.95. The highest BCUT2D eigenvalue weighted by Crippen LogP contribution is 2.25. The summed E-state index contributed by atoms with van der Waals surface area (Å²) in [5, 5.41) is 1.19. The van der Waals surface area contributed by atoms with Crippen LogP contribution in [0.4, 0.5) is 0 Å². The number of nitrogens with one attached hydrogen (secondary N) is 1. The highest BCUT2D eigenvalue weighted by Gasteiger charge is 2.04. The largest absolute Gasteiger partial charge is 0.487 e. The molecule has 0 saturated carbocycles. The van der Waals surface area contributed by atoms with Crippen molar-refractivity contribution in [2.24, 2.45) is 0 Å². The molecule has 96 valence electrons. The van der Waals surface area contributed by atoms with Gasteiger partial charge in [0.05, 0.1) is 5.69 Å². The van der Waals surface area contributed by atoms with E-state index in [2.05, 4.69) is 46.0 Å². The molecule has 3 aromatic rings. The van der Waals surface area contributed by atoms with Crippen molar-refractivity contribution in [2.75, 3.05) is 0 Å². The van der Waals surface area contributed by atoms with Crippen LogP contribution in [0.5, 0.6) is 5.75 Å². The van der Waals surface area contributed by atoms with E-state index < -0.39 is 0 Å². The zero-order valence-corrected chi connectivity index (χ0v) is 12.2. The minimum atomic E-state index is 0.546. The lowest BCUT2D eigenvalue weighted by Gasteiger charge is -2.05. The van der Waals surface area contributed by atoms with Crippen molar-refractivity contribution in [1.29, 1.82) is 0 Å². The summed E-state index contributed by atoms with van der Waals surface area (Å²) < 4.78 is 6.90. The number of fused-ring (bicyclic) bond motifs is 1. The Balaban J connectivity index is 1.80. The van der Waals surface area contributed by atoms with Gasteiger partial charge in [-0.05, 0) is 42.8 Å². The Morgan fingerprint density at radius 3 is 2.74 bits per heavy atom. The third-order valence-corrected chi connectivity index (χ3v) is 3.74. The Bertz CT molecular complexity index is 718. The predicted molar refractivity (Wildman–Crippen MR) is 81.5 cm³/mol. The molecule has 0 aliphatic carbocycles. The molecule has 0 atom stereocenters. The molecular weight excluding hydrogens is 302 g/mol. The van der Waals surface area contributed by atoms with E-state index in [4.69, 9.17) is 4.74 Å². The van der Waals surface area contributed by atoms with E-state index in [0.29, 0.717) is 6.61 Å². The van der Waals surface area contributed by atoms with Gasteiger partial charge in [-0.3, -0.25) is 0 Å². The van der Waals surface area contributed by atoms with Crippen LogP contribution in [0, 0.1) is 6.92 Å². The first-order valence-corrected chi connectivity index (χ1v) is 6.97. The lowest BCUT2D eigenvalue weighted by atomic mass is 10.2. The third kappa shape index (κ3) is 2.66. The van der Waals surface area contributed by atoms with Crippen LogP contribution in [-0.2, 0) is 6.61 Å². The number of aryl methyl sites for hydroxylation is 1. The molecule has 0 bridgehead atoms. The number of ether oxygens (including phenoxy) is 1. The van der Waals surface area contributed by atoms with Gasteiger partial charge in [0.1, 0.15) is 12.4 Å².